The topological polar surface area (TPSA) is 190 Å². The third-order valence-corrected chi connectivity index (χ3v) is 7.78. The van der Waals surface area contributed by atoms with E-state index in [1.807, 2.05) is 49.4 Å². The van der Waals surface area contributed by atoms with Crippen LogP contribution in [0.2, 0.25) is 0 Å². The van der Waals surface area contributed by atoms with Crippen molar-refractivity contribution in [1.29, 1.82) is 0 Å². The van der Waals surface area contributed by atoms with Crippen LogP contribution in [-0.2, 0) is 6.61 Å². The standard InChI is InChI=1S/C19H18N4O2.C11H12N2O3.C7H10.ClH/c1-13(11-21-23-20)15-7-9-17(19-16(15)8-10-18(24)22-19)25-12-14-5-3-2-4-6-14;12-5-9(15)6-1-3-8(14)11-7(6)2-4-10(16)13-11;1-7-5-3-2-4-6-7;/h2-10,13H,11-12H2,1H3,(H,22,24);1-4,9,14-15H,5,12H2,(H,13,16);2-3,6H,4-5H2,1H3;1H/t13-;9-;;/m00../s1. The van der Waals surface area contributed by atoms with Gasteiger partial charge in [0.2, 0.25) is 11.1 Å². The third-order valence-electron chi connectivity index (χ3n) is 7.78. The Morgan fingerprint density at radius 3 is 2.16 bits per heavy atom. The van der Waals surface area contributed by atoms with E-state index in [1.54, 1.807) is 18.2 Å². The summed E-state index contributed by atoms with van der Waals surface area (Å²) in [6.45, 7) is 5.01. The van der Waals surface area contributed by atoms with Crippen molar-refractivity contribution in [3.05, 3.63) is 151 Å². The van der Waals surface area contributed by atoms with Crippen molar-refractivity contribution in [3.63, 3.8) is 0 Å². The van der Waals surface area contributed by atoms with E-state index in [9.17, 15) is 19.8 Å². The summed E-state index contributed by atoms with van der Waals surface area (Å²) < 4.78 is 5.92. The van der Waals surface area contributed by atoms with E-state index >= 15 is 0 Å². The van der Waals surface area contributed by atoms with Crippen molar-refractivity contribution < 1.29 is 14.9 Å². The lowest BCUT2D eigenvalue weighted by Crippen LogP contribution is -2.12. The summed E-state index contributed by atoms with van der Waals surface area (Å²) in [4.78, 5) is 31.1. The first-order valence-electron chi connectivity index (χ1n) is 15.6. The van der Waals surface area contributed by atoms with Gasteiger partial charge in [0.15, 0.2) is 0 Å². The number of aromatic nitrogens is 2. The average molecular weight is 685 g/mol. The third kappa shape index (κ3) is 10.6. The lowest BCUT2D eigenvalue weighted by molar-refractivity contribution is 0.188. The normalized spacial score (nSPS) is 12.9. The second-order valence-electron chi connectivity index (χ2n) is 11.4. The highest BCUT2D eigenvalue weighted by Crippen LogP contribution is 2.31. The number of benzene rings is 3. The molecule has 0 amide bonds. The fourth-order valence-corrected chi connectivity index (χ4v) is 5.19. The summed E-state index contributed by atoms with van der Waals surface area (Å²) in [7, 11) is 0. The van der Waals surface area contributed by atoms with E-state index in [2.05, 4.69) is 45.1 Å². The number of aliphatic hydroxyl groups excluding tert-OH is 1. The van der Waals surface area contributed by atoms with Crippen molar-refractivity contribution in [2.75, 3.05) is 13.1 Å². The van der Waals surface area contributed by atoms with Crippen LogP contribution in [0.15, 0.2) is 117 Å². The number of rotatable bonds is 8. The molecule has 0 spiro atoms. The molecule has 1 aliphatic rings. The molecule has 11 nitrogen and oxygen atoms in total. The zero-order valence-electron chi connectivity index (χ0n) is 27.4. The van der Waals surface area contributed by atoms with Crippen LogP contribution in [0.4, 0.5) is 0 Å². The molecule has 0 aliphatic heterocycles. The summed E-state index contributed by atoms with van der Waals surface area (Å²) >= 11 is 0. The van der Waals surface area contributed by atoms with Crippen molar-refractivity contribution in [1.82, 2.24) is 9.97 Å². The second-order valence-corrected chi connectivity index (χ2v) is 11.4. The lowest BCUT2D eigenvalue weighted by atomic mass is 9.96. The van der Waals surface area contributed by atoms with Crippen LogP contribution < -0.4 is 21.6 Å². The predicted octanol–water partition coefficient (Wildman–Crippen LogP) is 7.45. The molecule has 6 rings (SSSR count). The summed E-state index contributed by atoms with van der Waals surface area (Å²) in [5, 5.41) is 24.4. The van der Waals surface area contributed by atoms with Gasteiger partial charge < -0.3 is 30.7 Å². The number of nitrogens with two attached hydrogens (primary N) is 1. The van der Waals surface area contributed by atoms with Gasteiger partial charge >= 0.3 is 0 Å². The van der Waals surface area contributed by atoms with Gasteiger partial charge in [0, 0.05) is 40.9 Å². The smallest absolute Gasteiger partial charge is 0.248 e. The lowest BCUT2D eigenvalue weighted by Gasteiger charge is -2.15. The fraction of sp³-hybridized carbons (Fsp3) is 0.243. The van der Waals surface area contributed by atoms with Gasteiger partial charge in [-0.3, -0.25) is 9.59 Å². The highest BCUT2D eigenvalue weighted by molar-refractivity contribution is 5.88. The van der Waals surface area contributed by atoms with Crippen LogP contribution in [0.3, 0.4) is 0 Å². The van der Waals surface area contributed by atoms with Crippen LogP contribution in [0.5, 0.6) is 11.5 Å². The van der Waals surface area contributed by atoms with E-state index in [4.69, 9.17) is 16.0 Å². The number of hydrogen-bond donors (Lipinski definition) is 5. The van der Waals surface area contributed by atoms with E-state index in [0.29, 0.717) is 40.9 Å². The molecule has 2 aromatic heterocycles. The van der Waals surface area contributed by atoms with Crippen molar-refractivity contribution in [2.45, 2.75) is 45.3 Å². The van der Waals surface area contributed by atoms with Gasteiger partial charge in [-0.25, -0.2) is 0 Å². The maximum absolute atomic E-state index is 11.8. The molecule has 1 aliphatic carbocycles. The first-order valence-corrected chi connectivity index (χ1v) is 15.6. The second kappa shape index (κ2) is 18.9. The van der Waals surface area contributed by atoms with Crippen molar-refractivity contribution >= 4 is 34.2 Å². The number of ether oxygens (including phenoxy) is 1. The van der Waals surface area contributed by atoms with Crippen LogP contribution in [0, 0.1) is 0 Å². The number of hydrogen-bond acceptors (Lipinski definition) is 7. The zero-order valence-corrected chi connectivity index (χ0v) is 28.2. The highest BCUT2D eigenvalue weighted by Gasteiger charge is 2.14. The predicted molar refractivity (Wildman–Crippen MR) is 197 cm³/mol. The molecule has 0 bridgehead atoms. The Labute approximate surface area is 289 Å². The zero-order chi connectivity index (χ0) is 34.5. The number of phenols is 1. The minimum atomic E-state index is -0.811. The number of aromatic hydroxyl groups is 1. The molecule has 49 heavy (non-hydrogen) atoms. The number of allylic oxidation sites excluding steroid dienone is 4. The van der Waals surface area contributed by atoms with Crippen molar-refractivity contribution in [2.24, 2.45) is 10.8 Å². The number of aliphatic hydroxyl groups is 1. The molecular formula is C37H41ClN6O5. The van der Waals surface area contributed by atoms with Gasteiger partial charge in [0.25, 0.3) is 0 Å². The molecule has 6 N–H and O–H groups in total. The number of azide groups is 1. The number of phenolic OH excluding ortho intramolecular Hbond substituents is 1. The first-order chi connectivity index (χ1) is 23.2. The molecule has 0 saturated heterocycles. The Bertz CT molecular complexity index is 2070. The van der Waals surface area contributed by atoms with Crippen LogP contribution >= 0.6 is 12.4 Å². The SMILES string of the molecule is CC1=CCC=CC1.C[C@@H](CN=[N+]=[N-])c1ccc(OCc2ccccc2)c2[nH]c(=O)ccc12.Cl.NC[C@H](O)c1ccc(O)c2[nH]c(=O)ccc12. The van der Waals surface area contributed by atoms with Gasteiger partial charge in [-0.1, -0.05) is 78.3 Å². The molecule has 0 saturated carbocycles. The van der Waals surface area contributed by atoms with Gasteiger partial charge in [0.1, 0.15) is 18.1 Å². The molecule has 0 unspecified atom stereocenters. The maximum Gasteiger partial charge on any atom is 0.248 e. The quantitative estimate of drug-likeness (QED) is 0.0488. The van der Waals surface area contributed by atoms with Crippen molar-refractivity contribution in [3.8, 4) is 11.5 Å². The summed E-state index contributed by atoms with van der Waals surface area (Å²) in [5.41, 5.74) is 18.5. The Morgan fingerprint density at radius 1 is 0.918 bits per heavy atom. The maximum atomic E-state index is 11.8. The number of halogens is 1. The molecule has 3 aromatic carbocycles. The fourth-order valence-electron chi connectivity index (χ4n) is 5.19. The minimum Gasteiger partial charge on any atom is -0.506 e. The minimum absolute atomic E-state index is 0. The molecule has 12 heteroatoms. The van der Waals surface area contributed by atoms with E-state index in [0.717, 1.165) is 22.9 Å². The molecular weight excluding hydrogens is 644 g/mol. The molecule has 2 atom stereocenters. The summed E-state index contributed by atoms with van der Waals surface area (Å²) in [6, 6.07) is 22.8. The Balaban J connectivity index is 0.000000230. The number of H-pyrrole nitrogens is 2. The molecule has 5 aromatic rings. The summed E-state index contributed by atoms with van der Waals surface area (Å²) in [6.07, 6.45) is 8.18. The number of aromatic amines is 2. The van der Waals surface area contributed by atoms with Gasteiger partial charge in [0.05, 0.1) is 17.1 Å². The van der Waals surface area contributed by atoms with Crippen LogP contribution in [0.1, 0.15) is 55.4 Å². The number of nitrogens with one attached hydrogen (secondary N) is 2. The number of pyridine rings is 2. The monoisotopic (exact) mass is 684 g/mol. The number of fused-ring (bicyclic) bond motifs is 2. The van der Waals surface area contributed by atoms with Gasteiger partial charge in [-0.05, 0) is 72.2 Å². The largest absolute Gasteiger partial charge is 0.506 e. The Kier molecular flexibility index (Phi) is 14.7. The van der Waals surface area contributed by atoms with E-state index < -0.39 is 6.10 Å². The average Bonchev–Trinajstić information content (AvgIpc) is 3.11. The molecule has 256 valence electrons. The molecule has 0 fully saturated rings. The molecule has 2 heterocycles. The van der Waals surface area contributed by atoms with E-state index in [-0.39, 0.29) is 41.7 Å². The Morgan fingerprint density at radius 2 is 1.57 bits per heavy atom. The van der Waals surface area contributed by atoms with E-state index in [1.165, 1.54) is 30.2 Å². The van der Waals surface area contributed by atoms with Crippen LogP contribution in [-0.4, -0.2) is 33.3 Å². The first kappa shape index (κ1) is 38.1. The Hall–Kier alpha value is -5.32. The molecule has 0 radical (unpaired) electrons. The highest BCUT2D eigenvalue weighted by atomic mass is 35.5. The van der Waals surface area contributed by atoms with Crippen LogP contribution in [0.25, 0.3) is 32.2 Å². The number of nitrogens with zero attached hydrogens (tertiary/aromatic N) is 3. The summed E-state index contributed by atoms with van der Waals surface area (Å²) in [5.74, 6) is 0.629. The van der Waals surface area contributed by atoms with Gasteiger partial charge in [-0.15, -0.1) is 12.4 Å². The van der Waals surface area contributed by atoms with Gasteiger partial charge in [-0.2, -0.15) is 0 Å².